The molecule has 1 aliphatic rings. The molecule has 2 rings (SSSR count). The van der Waals surface area contributed by atoms with Gasteiger partial charge in [-0.1, -0.05) is 6.92 Å². The minimum Gasteiger partial charge on any atom is -0.444 e. The summed E-state index contributed by atoms with van der Waals surface area (Å²) in [7, 11) is 0. The van der Waals surface area contributed by atoms with E-state index < -0.39 is 5.60 Å². The van der Waals surface area contributed by atoms with E-state index in [2.05, 4.69) is 18.9 Å². The summed E-state index contributed by atoms with van der Waals surface area (Å²) in [5, 5.41) is 4.34. The van der Waals surface area contributed by atoms with Crippen LogP contribution in [0.2, 0.25) is 0 Å². The van der Waals surface area contributed by atoms with Crippen LogP contribution < -0.4 is 0 Å². The molecule has 1 aromatic rings. The second-order valence-electron chi connectivity index (χ2n) is 6.90. The van der Waals surface area contributed by atoms with Gasteiger partial charge in [0.2, 0.25) is 0 Å². The van der Waals surface area contributed by atoms with Gasteiger partial charge >= 0.3 is 6.09 Å². The molecule has 118 valence electrons. The molecule has 1 aromatic heterocycles. The number of likely N-dealkylation sites (tertiary alicyclic amines) is 1. The molecule has 0 bridgehead atoms. The first-order valence-electron chi connectivity index (χ1n) is 7.83. The number of aryl methyl sites for hydroxylation is 1. The third-order valence-corrected chi connectivity index (χ3v) is 3.84. The Labute approximate surface area is 127 Å². The second kappa shape index (κ2) is 6.08. The summed E-state index contributed by atoms with van der Waals surface area (Å²) >= 11 is 0. The highest BCUT2D eigenvalue weighted by atomic mass is 16.6. The van der Waals surface area contributed by atoms with Crippen LogP contribution in [0.25, 0.3) is 0 Å². The number of aromatic nitrogens is 2. The van der Waals surface area contributed by atoms with Gasteiger partial charge in [0.15, 0.2) is 0 Å². The Morgan fingerprint density at radius 2 is 2.14 bits per heavy atom. The maximum Gasteiger partial charge on any atom is 0.410 e. The lowest BCUT2D eigenvalue weighted by molar-refractivity contribution is 0.00248. The van der Waals surface area contributed by atoms with Crippen LogP contribution in [0.1, 0.15) is 59.2 Å². The number of ether oxygens (including phenoxy) is 1. The zero-order valence-corrected chi connectivity index (χ0v) is 13.8. The molecular formula is C16H27N3O2. The van der Waals surface area contributed by atoms with Gasteiger partial charge in [-0.05, 0) is 52.5 Å². The minimum absolute atomic E-state index is 0.0681. The second-order valence-corrected chi connectivity index (χ2v) is 6.90. The molecule has 2 atom stereocenters. The van der Waals surface area contributed by atoms with Crippen molar-refractivity contribution >= 4 is 6.09 Å². The topological polar surface area (TPSA) is 47.4 Å². The molecule has 1 aliphatic heterocycles. The van der Waals surface area contributed by atoms with Crippen molar-refractivity contribution in [3.63, 3.8) is 0 Å². The fraction of sp³-hybridized carbons (Fsp3) is 0.750. The van der Waals surface area contributed by atoms with Crippen LogP contribution in [0.3, 0.4) is 0 Å². The van der Waals surface area contributed by atoms with Crippen molar-refractivity contribution in [2.75, 3.05) is 6.54 Å². The summed E-state index contributed by atoms with van der Waals surface area (Å²) < 4.78 is 7.55. The Balaban J connectivity index is 2.23. The van der Waals surface area contributed by atoms with Gasteiger partial charge in [0.25, 0.3) is 0 Å². The summed E-state index contributed by atoms with van der Waals surface area (Å²) in [6.07, 6.45) is 3.68. The van der Waals surface area contributed by atoms with E-state index in [0.29, 0.717) is 5.92 Å². The maximum atomic E-state index is 12.5. The van der Waals surface area contributed by atoms with Gasteiger partial charge in [0.05, 0.1) is 11.7 Å². The van der Waals surface area contributed by atoms with E-state index in [0.717, 1.165) is 31.6 Å². The van der Waals surface area contributed by atoms with Gasteiger partial charge in [-0.25, -0.2) is 4.79 Å². The standard InChI is InChI=1S/C16H27N3O2/c1-6-19-14(9-10-17-19)13-8-7-12(2)11-18(13)15(20)21-16(3,4)5/h9-10,12-13H,6-8,11H2,1-5H3. The average molecular weight is 293 g/mol. The van der Waals surface area contributed by atoms with Crippen molar-refractivity contribution in [1.82, 2.24) is 14.7 Å². The van der Waals surface area contributed by atoms with Crippen molar-refractivity contribution in [2.45, 2.75) is 65.6 Å². The summed E-state index contributed by atoms with van der Waals surface area (Å²) in [6, 6.07) is 2.08. The zero-order chi connectivity index (χ0) is 15.6. The third kappa shape index (κ3) is 3.77. The third-order valence-electron chi connectivity index (χ3n) is 3.84. The van der Waals surface area contributed by atoms with Gasteiger partial charge in [0.1, 0.15) is 5.60 Å². The Hall–Kier alpha value is -1.52. The quantitative estimate of drug-likeness (QED) is 0.837. The van der Waals surface area contributed by atoms with E-state index in [9.17, 15) is 4.79 Å². The lowest BCUT2D eigenvalue weighted by Gasteiger charge is -2.39. The van der Waals surface area contributed by atoms with Gasteiger partial charge in [-0.3, -0.25) is 9.58 Å². The Morgan fingerprint density at radius 1 is 1.43 bits per heavy atom. The van der Waals surface area contributed by atoms with E-state index >= 15 is 0 Å². The number of rotatable bonds is 2. The molecule has 1 fully saturated rings. The SMILES string of the molecule is CCn1nccc1C1CCC(C)CN1C(=O)OC(C)(C)C. The maximum absolute atomic E-state index is 12.5. The van der Waals surface area contributed by atoms with E-state index in [1.165, 1.54) is 0 Å². The predicted molar refractivity (Wildman–Crippen MR) is 82.0 cm³/mol. The summed E-state index contributed by atoms with van der Waals surface area (Å²) in [6.45, 7) is 11.5. The summed E-state index contributed by atoms with van der Waals surface area (Å²) in [4.78, 5) is 14.4. The number of nitrogens with zero attached hydrogens (tertiary/aromatic N) is 3. The van der Waals surface area contributed by atoms with E-state index in [1.807, 2.05) is 42.6 Å². The molecule has 2 unspecified atom stereocenters. The summed E-state index contributed by atoms with van der Waals surface area (Å²) in [5.41, 5.74) is 0.642. The van der Waals surface area contributed by atoms with Crippen LogP contribution in [0, 0.1) is 5.92 Å². The van der Waals surface area contributed by atoms with Crippen molar-refractivity contribution in [2.24, 2.45) is 5.92 Å². The fourth-order valence-electron chi connectivity index (χ4n) is 2.87. The van der Waals surface area contributed by atoms with Crippen molar-refractivity contribution in [3.05, 3.63) is 18.0 Å². The molecule has 21 heavy (non-hydrogen) atoms. The minimum atomic E-state index is -0.465. The van der Waals surface area contributed by atoms with E-state index in [-0.39, 0.29) is 12.1 Å². The first-order chi connectivity index (χ1) is 9.81. The summed E-state index contributed by atoms with van der Waals surface area (Å²) in [5.74, 6) is 0.506. The number of hydrogen-bond donors (Lipinski definition) is 0. The monoisotopic (exact) mass is 293 g/mol. The first kappa shape index (κ1) is 15.9. The lowest BCUT2D eigenvalue weighted by atomic mass is 9.92. The van der Waals surface area contributed by atoms with Crippen LogP contribution in [0.15, 0.2) is 12.3 Å². The Bertz CT molecular complexity index is 490. The molecule has 0 radical (unpaired) electrons. The number of hydrogen-bond acceptors (Lipinski definition) is 3. The molecule has 5 nitrogen and oxygen atoms in total. The number of piperidine rings is 1. The molecule has 2 heterocycles. The van der Waals surface area contributed by atoms with Crippen LogP contribution >= 0.6 is 0 Å². The van der Waals surface area contributed by atoms with Gasteiger partial charge < -0.3 is 4.74 Å². The van der Waals surface area contributed by atoms with Crippen molar-refractivity contribution in [3.8, 4) is 0 Å². The molecule has 0 aromatic carbocycles. The normalized spacial score (nSPS) is 23.2. The van der Waals surface area contributed by atoms with Gasteiger partial charge in [0, 0.05) is 19.3 Å². The highest BCUT2D eigenvalue weighted by molar-refractivity contribution is 5.69. The molecule has 0 N–H and O–H groups in total. The van der Waals surface area contributed by atoms with Crippen LogP contribution in [-0.2, 0) is 11.3 Å². The molecule has 0 aliphatic carbocycles. The number of amides is 1. The number of carbonyl (C=O) groups is 1. The smallest absolute Gasteiger partial charge is 0.410 e. The van der Waals surface area contributed by atoms with Crippen LogP contribution in [-0.4, -0.2) is 32.9 Å². The number of carbonyl (C=O) groups excluding carboxylic acids is 1. The van der Waals surface area contributed by atoms with E-state index in [4.69, 9.17) is 4.74 Å². The van der Waals surface area contributed by atoms with E-state index in [1.54, 1.807) is 0 Å². The molecule has 1 amide bonds. The first-order valence-corrected chi connectivity index (χ1v) is 7.83. The van der Waals surface area contributed by atoms with Crippen molar-refractivity contribution < 1.29 is 9.53 Å². The molecule has 5 heteroatoms. The Kier molecular flexibility index (Phi) is 4.59. The van der Waals surface area contributed by atoms with Crippen molar-refractivity contribution in [1.29, 1.82) is 0 Å². The lowest BCUT2D eigenvalue weighted by Crippen LogP contribution is -2.44. The molecule has 0 saturated carbocycles. The zero-order valence-electron chi connectivity index (χ0n) is 13.8. The average Bonchev–Trinajstić information content (AvgIpc) is 2.84. The van der Waals surface area contributed by atoms with Crippen LogP contribution in [0.4, 0.5) is 4.79 Å². The predicted octanol–water partition coefficient (Wildman–Crippen LogP) is 3.61. The molecule has 0 spiro atoms. The fourth-order valence-corrected chi connectivity index (χ4v) is 2.87. The highest BCUT2D eigenvalue weighted by Crippen LogP contribution is 2.34. The molecular weight excluding hydrogens is 266 g/mol. The van der Waals surface area contributed by atoms with Crippen LogP contribution in [0.5, 0.6) is 0 Å². The van der Waals surface area contributed by atoms with Gasteiger partial charge in [-0.15, -0.1) is 0 Å². The Morgan fingerprint density at radius 3 is 2.76 bits per heavy atom. The highest BCUT2D eigenvalue weighted by Gasteiger charge is 2.35. The largest absolute Gasteiger partial charge is 0.444 e. The van der Waals surface area contributed by atoms with Gasteiger partial charge in [-0.2, -0.15) is 5.10 Å². The molecule has 1 saturated heterocycles.